The van der Waals surface area contributed by atoms with E-state index in [1.807, 2.05) is 36.4 Å². The van der Waals surface area contributed by atoms with Crippen LogP contribution < -0.4 is 14.8 Å². The number of carboxylic acid groups (broad SMARTS) is 1. The summed E-state index contributed by atoms with van der Waals surface area (Å²) in [5.74, 6) is 0.475. The van der Waals surface area contributed by atoms with Crippen LogP contribution in [-0.2, 0) is 4.79 Å². The van der Waals surface area contributed by atoms with Crippen LogP contribution in [-0.4, -0.2) is 38.6 Å². The van der Waals surface area contributed by atoms with Gasteiger partial charge in [-0.3, -0.25) is 0 Å². The quantitative estimate of drug-likeness (QED) is 0.434. The summed E-state index contributed by atoms with van der Waals surface area (Å²) in [6.45, 7) is 3.31. The van der Waals surface area contributed by atoms with Crippen molar-refractivity contribution >= 4 is 23.4 Å². The fraction of sp³-hybridized carbons (Fsp3) is 0.143. The Bertz CT molecular complexity index is 1070. The summed E-state index contributed by atoms with van der Waals surface area (Å²) in [5, 5.41) is 21.2. The van der Waals surface area contributed by atoms with Gasteiger partial charge in [0.1, 0.15) is 5.75 Å². The molecular weight excluding hydrogens is 404 g/mol. The molecule has 1 unspecified atom stereocenters. The van der Waals surface area contributed by atoms with Gasteiger partial charge >= 0.3 is 5.97 Å². The molecule has 152 valence electrons. The fourth-order valence-electron chi connectivity index (χ4n) is 2.88. The van der Waals surface area contributed by atoms with Gasteiger partial charge in [-0.15, -0.1) is 16.8 Å². The SMILES string of the molecule is C=CCSc1nnc2c(n1)OC(c1ccc(OCC(=O)O)cc1)Nc1ccccc1-2. The maximum absolute atomic E-state index is 10.7. The normalized spacial score (nSPS) is 14.3. The number of rotatable bonds is 7. The molecule has 2 aromatic carbocycles. The molecule has 2 heterocycles. The second-order valence-corrected chi connectivity index (χ2v) is 7.27. The van der Waals surface area contributed by atoms with Gasteiger partial charge in [-0.05, 0) is 30.3 Å². The lowest BCUT2D eigenvalue weighted by molar-refractivity contribution is -0.139. The largest absolute Gasteiger partial charge is 0.482 e. The highest BCUT2D eigenvalue weighted by Gasteiger charge is 2.26. The zero-order valence-electron chi connectivity index (χ0n) is 15.8. The molecule has 30 heavy (non-hydrogen) atoms. The second-order valence-electron chi connectivity index (χ2n) is 6.29. The molecule has 0 aliphatic carbocycles. The first kappa shape index (κ1) is 19.7. The van der Waals surface area contributed by atoms with Crippen LogP contribution in [0.5, 0.6) is 11.6 Å². The summed E-state index contributed by atoms with van der Waals surface area (Å²) in [6, 6.07) is 14.7. The molecule has 1 aliphatic rings. The van der Waals surface area contributed by atoms with Crippen LogP contribution in [0.1, 0.15) is 11.8 Å². The van der Waals surface area contributed by atoms with Crippen LogP contribution >= 0.6 is 11.8 Å². The van der Waals surface area contributed by atoms with Crippen molar-refractivity contribution < 1.29 is 19.4 Å². The molecule has 0 spiro atoms. The van der Waals surface area contributed by atoms with E-state index >= 15 is 0 Å². The van der Waals surface area contributed by atoms with Crippen LogP contribution in [0.25, 0.3) is 11.3 Å². The molecular formula is C21H18N4O4S. The number of nitrogens with one attached hydrogen (secondary N) is 1. The smallest absolute Gasteiger partial charge is 0.341 e. The fourth-order valence-corrected chi connectivity index (χ4v) is 3.39. The lowest BCUT2D eigenvalue weighted by atomic mass is 10.1. The summed E-state index contributed by atoms with van der Waals surface area (Å²) >= 11 is 1.42. The van der Waals surface area contributed by atoms with Crippen LogP contribution in [0, 0.1) is 0 Å². The van der Waals surface area contributed by atoms with Crippen molar-refractivity contribution in [2.45, 2.75) is 11.4 Å². The summed E-state index contributed by atoms with van der Waals surface area (Å²) in [6.07, 6.45) is 1.24. The number of hydrogen-bond acceptors (Lipinski definition) is 8. The van der Waals surface area contributed by atoms with E-state index in [1.165, 1.54) is 11.8 Å². The maximum Gasteiger partial charge on any atom is 0.341 e. The first-order valence-corrected chi connectivity index (χ1v) is 10.1. The third-order valence-corrected chi connectivity index (χ3v) is 5.04. The summed E-state index contributed by atoms with van der Waals surface area (Å²) in [5.41, 5.74) is 3.07. The Kier molecular flexibility index (Phi) is 5.80. The van der Waals surface area contributed by atoms with Crippen molar-refractivity contribution in [1.29, 1.82) is 0 Å². The van der Waals surface area contributed by atoms with Crippen LogP contribution in [0.3, 0.4) is 0 Å². The molecule has 1 aliphatic heterocycles. The third-order valence-electron chi connectivity index (χ3n) is 4.21. The van der Waals surface area contributed by atoms with Gasteiger partial charge in [0.2, 0.25) is 11.0 Å². The van der Waals surface area contributed by atoms with Crippen molar-refractivity contribution in [1.82, 2.24) is 15.2 Å². The number of anilines is 1. The molecule has 8 nitrogen and oxygen atoms in total. The molecule has 3 aromatic rings. The molecule has 2 N–H and O–H groups in total. The molecule has 0 fully saturated rings. The highest BCUT2D eigenvalue weighted by Crippen LogP contribution is 2.39. The molecule has 0 amide bonds. The Morgan fingerprint density at radius 1 is 1.23 bits per heavy atom. The minimum atomic E-state index is -1.03. The Morgan fingerprint density at radius 2 is 2.03 bits per heavy atom. The van der Waals surface area contributed by atoms with Crippen LogP contribution in [0.4, 0.5) is 5.69 Å². The Hall–Kier alpha value is -3.59. The molecule has 0 saturated carbocycles. The third kappa shape index (κ3) is 4.36. The van der Waals surface area contributed by atoms with E-state index < -0.39 is 18.8 Å². The summed E-state index contributed by atoms with van der Waals surface area (Å²) in [4.78, 5) is 15.2. The van der Waals surface area contributed by atoms with Crippen LogP contribution in [0.2, 0.25) is 0 Å². The first-order chi connectivity index (χ1) is 14.6. The molecule has 0 bridgehead atoms. The zero-order chi connectivity index (χ0) is 20.9. The van der Waals surface area contributed by atoms with Gasteiger partial charge in [0.15, 0.2) is 18.5 Å². The average molecular weight is 422 g/mol. The lowest BCUT2D eigenvalue weighted by Crippen LogP contribution is -2.17. The number of carboxylic acids is 1. The number of carbonyl (C=O) groups is 1. The molecule has 0 saturated heterocycles. The number of thioether (sulfide) groups is 1. The first-order valence-electron chi connectivity index (χ1n) is 9.09. The number of fused-ring (bicyclic) bond motifs is 3. The van der Waals surface area contributed by atoms with E-state index in [2.05, 4.69) is 27.1 Å². The minimum Gasteiger partial charge on any atom is -0.482 e. The lowest BCUT2D eigenvalue weighted by Gasteiger charge is -2.19. The van der Waals surface area contributed by atoms with Crippen molar-refractivity contribution in [2.24, 2.45) is 0 Å². The number of aliphatic carboxylic acids is 1. The second kappa shape index (κ2) is 8.83. The Balaban J connectivity index is 1.66. The summed E-state index contributed by atoms with van der Waals surface area (Å²) in [7, 11) is 0. The average Bonchev–Trinajstić information content (AvgIpc) is 2.93. The van der Waals surface area contributed by atoms with Gasteiger partial charge in [-0.1, -0.05) is 36.0 Å². The Morgan fingerprint density at radius 3 is 2.80 bits per heavy atom. The van der Waals surface area contributed by atoms with Gasteiger partial charge in [0, 0.05) is 22.6 Å². The molecule has 9 heteroatoms. The van der Waals surface area contributed by atoms with Crippen molar-refractivity contribution in [2.75, 3.05) is 17.7 Å². The van der Waals surface area contributed by atoms with E-state index in [0.29, 0.717) is 28.2 Å². The molecule has 4 rings (SSSR count). The van der Waals surface area contributed by atoms with Gasteiger partial charge in [0.05, 0.1) is 0 Å². The van der Waals surface area contributed by atoms with E-state index in [-0.39, 0.29) is 0 Å². The van der Waals surface area contributed by atoms with E-state index in [9.17, 15) is 4.79 Å². The molecule has 1 atom stereocenters. The van der Waals surface area contributed by atoms with Crippen molar-refractivity contribution in [3.63, 3.8) is 0 Å². The standard InChI is InChI=1S/C21H18N4O4S/c1-2-11-30-21-23-20-18(24-25-21)15-5-3-4-6-16(15)22-19(29-20)13-7-9-14(10-8-13)28-12-17(26)27/h2-10,19,22H,1,11-12H2,(H,26,27). The highest BCUT2D eigenvalue weighted by atomic mass is 32.2. The predicted molar refractivity (Wildman–Crippen MR) is 113 cm³/mol. The van der Waals surface area contributed by atoms with Gasteiger partial charge in [0.25, 0.3) is 0 Å². The van der Waals surface area contributed by atoms with Gasteiger partial charge < -0.3 is 19.9 Å². The molecule has 0 radical (unpaired) electrons. The molecule has 1 aromatic heterocycles. The highest BCUT2D eigenvalue weighted by molar-refractivity contribution is 7.99. The van der Waals surface area contributed by atoms with Crippen molar-refractivity contribution in [3.8, 4) is 22.9 Å². The van der Waals surface area contributed by atoms with E-state index in [1.54, 1.807) is 18.2 Å². The van der Waals surface area contributed by atoms with Crippen molar-refractivity contribution in [3.05, 3.63) is 66.7 Å². The predicted octanol–water partition coefficient (Wildman–Crippen LogP) is 3.78. The number of hydrogen-bond donors (Lipinski definition) is 2. The van der Waals surface area contributed by atoms with Gasteiger partial charge in [-0.25, -0.2) is 4.79 Å². The van der Waals surface area contributed by atoms with Gasteiger partial charge in [-0.2, -0.15) is 4.98 Å². The monoisotopic (exact) mass is 422 g/mol. The number of nitrogens with zero attached hydrogens (tertiary/aromatic N) is 3. The minimum absolute atomic E-state index is 0.380. The Labute approximate surface area is 177 Å². The number of benzene rings is 2. The number of aromatic nitrogens is 3. The summed E-state index contributed by atoms with van der Waals surface area (Å²) < 4.78 is 11.4. The van der Waals surface area contributed by atoms with E-state index in [0.717, 1.165) is 16.8 Å². The van der Waals surface area contributed by atoms with Crippen LogP contribution in [0.15, 0.2) is 66.3 Å². The maximum atomic E-state index is 10.7. The number of para-hydroxylation sites is 1. The van der Waals surface area contributed by atoms with E-state index in [4.69, 9.17) is 14.6 Å². The number of ether oxygens (including phenoxy) is 2. The topological polar surface area (TPSA) is 106 Å². The zero-order valence-corrected chi connectivity index (χ0v) is 16.6.